The number of nitrogens with one attached hydrogen (secondary N) is 1. The standard InChI is InChI=1S/C13H12BrFN2O2S/c1-8-5-10(15)6-9(2)13(8)20(18,19)17-11-3-4-12(14)16-7-11/h3-7,17H,1-2H3. The van der Waals surface area contributed by atoms with E-state index in [2.05, 4.69) is 25.6 Å². The Balaban J connectivity index is 2.43. The van der Waals surface area contributed by atoms with Crippen molar-refractivity contribution in [1.29, 1.82) is 0 Å². The van der Waals surface area contributed by atoms with Gasteiger partial charge in [0.1, 0.15) is 10.4 Å². The number of anilines is 1. The zero-order chi connectivity index (χ0) is 14.9. The third-order valence-corrected chi connectivity index (χ3v) is 4.83. The second-order valence-electron chi connectivity index (χ2n) is 4.34. The summed E-state index contributed by atoms with van der Waals surface area (Å²) in [5, 5.41) is 0. The molecule has 0 unspecified atom stereocenters. The van der Waals surface area contributed by atoms with Crippen molar-refractivity contribution < 1.29 is 12.8 Å². The number of pyridine rings is 1. The molecule has 0 bridgehead atoms. The van der Waals surface area contributed by atoms with Gasteiger partial charge in [-0.1, -0.05) is 0 Å². The molecular weight excluding hydrogens is 347 g/mol. The first kappa shape index (κ1) is 14.9. The number of aryl methyl sites for hydroxylation is 2. The summed E-state index contributed by atoms with van der Waals surface area (Å²) in [4.78, 5) is 4.03. The number of hydrogen-bond acceptors (Lipinski definition) is 3. The molecule has 0 fully saturated rings. The minimum absolute atomic E-state index is 0.0850. The molecule has 7 heteroatoms. The normalized spacial score (nSPS) is 11.4. The van der Waals surface area contributed by atoms with Crippen molar-refractivity contribution in [2.24, 2.45) is 0 Å². The smallest absolute Gasteiger partial charge is 0.262 e. The van der Waals surface area contributed by atoms with Crippen LogP contribution in [0.25, 0.3) is 0 Å². The van der Waals surface area contributed by atoms with E-state index < -0.39 is 15.8 Å². The van der Waals surface area contributed by atoms with E-state index >= 15 is 0 Å². The summed E-state index contributed by atoms with van der Waals surface area (Å²) >= 11 is 3.17. The molecule has 0 saturated heterocycles. The van der Waals surface area contributed by atoms with E-state index in [1.807, 2.05) is 0 Å². The Morgan fingerprint density at radius 2 is 1.80 bits per heavy atom. The van der Waals surface area contributed by atoms with Crippen molar-refractivity contribution >= 4 is 31.6 Å². The molecule has 1 heterocycles. The van der Waals surface area contributed by atoms with Crippen molar-refractivity contribution in [1.82, 2.24) is 4.98 Å². The van der Waals surface area contributed by atoms with Crippen LogP contribution in [-0.4, -0.2) is 13.4 Å². The first-order valence-electron chi connectivity index (χ1n) is 5.71. The molecule has 0 amide bonds. The molecule has 0 aliphatic carbocycles. The molecule has 1 aromatic carbocycles. The van der Waals surface area contributed by atoms with Crippen molar-refractivity contribution in [2.75, 3.05) is 4.72 Å². The molecule has 0 aliphatic rings. The van der Waals surface area contributed by atoms with Gasteiger partial charge in [0.25, 0.3) is 10.0 Å². The topological polar surface area (TPSA) is 59.1 Å². The first-order valence-corrected chi connectivity index (χ1v) is 7.98. The van der Waals surface area contributed by atoms with Gasteiger partial charge in [-0.25, -0.2) is 17.8 Å². The van der Waals surface area contributed by atoms with E-state index in [1.165, 1.54) is 18.3 Å². The molecule has 1 N–H and O–H groups in total. The van der Waals surface area contributed by atoms with Gasteiger partial charge >= 0.3 is 0 Å². The van der Waals surface area contributed by atoms with Gasteiger partial charge in [0, 0.05) is 0 Å². The molecule has 0 aliphatic heterocycles. The highest BCUT2D eigenvalue weighted by Crippen LogP contribution is 2.24. The van der Waals surface area contributed by atoms with Gasteiger partial charge in [-0.2, -0.15) is 0 Å². The molecule has 2 rings (SSSR count). The third-order valence-electron chi connectivity index (χ3n) is 2.67. The lowest BCUT2D eigenvalue weighted by Crippen LogP contribution is -2.16. The van der Waals surface area contributed by atoms with E-state index in [9.17, 15) is 12.8 Å². The van der Waals surface area contributed by atoms with E-state index in [0.29, 0.717) is 21.4 Å². The van der Waals surface area contributed by atoms with E-state index in [4.69, 9.17) is 0 Å². The summed E-state index contributed by atoms with van der Waals surface area (Å²) in [6.45, 7) is 3.12. The predicted octanol–water partition coefficient (Wildman–Crippen LogP) is 3.40. The largest absolute Gasteiger partial charge is 0.278 e. The van der Waals surface area contributed by atoms with Gasteiger partial charge in [0.2, 0.25) is 0 Å². The summed E-state index contributed by atoms with van der Waals surface area (Å²) in [5.74, 6) is -0.454. The van der Waals surface area contributed by atoms with Gasteiger partial charge in [0.05, 0.1) is 16.8 Å². The Kier molecular flexibility index (Phi) is 4.10. The molecule has 20 heavy (non-hydrogen) atoms. The average Bonchev–Trinajstić information content (AvgIpc) is 2.30. The molecule has 106 valence electrons. The molecule has 2 aromatic rings. The van der Waals surface area contributed by atoms with Crippen LogP contribution in [0.2, 0.25) is 0 Å². The fourth-order valence-corrected chi connectivity index (χ4v) is 3.70. The summed E-state index contributed by atoms with van der Waals surface area (Å²) < 4.78 is 41.0. The van der Waals surface area contributed by atoms with E-state index in [1.54, 1.807) is 26.0 Å². The van der Waals surface area contributed by atoms with Gasteiger partial charge in [0.15, 0.2) is 0 Å². The number of aromatic nitrogens is 1. The van der Waals surface area contributed by atoms with Crippen LogP contribution in [-0.2, 0) is 10.0 Å². The lowest BCUT2D eigenvalue weighted by atomic mass is 10.1. The number of sulfonamides is 1. The highest BCUT2D eigenvalue weighted by atomic mass is 79.9. The molecule has 4 nitrogen and oxygen atoms in total. The summed E-state index contributed by atoms with van der Waals surface area (Å²) in [5.41, 5.74) is 1.07. The molecule has 0 radical (unpaired) electrons. The quantitative estimate of drug-likeness (QED) is 0.855. The second-order valence-corrected chi connectivity index (χ2v) is 6.78. The highest BCUT2D eigenvalue weighted by molar-refractivity contribution is 9.10. The number of hydrogen-bond donors (Lipinski definition) is 1. The van der Waals surface area contributed by atoms with Gasteiger partial charge in [-0.05, 0) is 65.2 Å². The minimum Gasteiger partial charge on any atom is -0.278 e. The second kappa shape index (κ2) is 5.49. The maximum Gasteiger partial charge on any atom is 0.262 e. The van der Waals surface area contributed by atoms with Crippen molar-refractivity contribution in [3.05, 3.63) is 52.0 Å². The van der Waals surface area contributed by atoms with Crippen molar-refractivity contribution in [3.63, 3.8) is 0 Å². The Morgan fingerprint density at radius 1 is 1.20 bits per heavy atom. The first-order chi connectivity index (χ1) is 9.29. The van der Waals surface area contributed by atoms with Gasteiger partial charge < -0.3 is 0 Å². The van der Waals surface area contributed by atoms with Crippen molar-refractivity contribution in [2.45, 2.75) is 18.7 Å². The highest BCUT2D eigenvalue weighted by Gasteiger charge is 2.20. The zero-order valence-corrected chi connectivity index (χ0v) is 13.2. The van der Waals surface area contributed by atoms with Crippen LogP contribution in [0.3, 0.4) is 0 Å². The van der Waals surface area contributed by atoms with Crippen LogP contribution in [0.4, 0.5) is 10.1 Å². The SMILES string of the molecule is Cc1cc(F)cc(C)c1S(=O)(=O)Nc1ccc(Br)nc1. The van der Waals surface area contributed by atoms with Crippen LogP contribution >= 0.6 is 15.9 Å². The Labute approximate surface area is 125 Å². The molecular formula is C13H12BrFN2O2S. The van der Waals surface area contributed by atoms with E-state index in [0.717, 1.165) is 0 Å². The Hall–Kier alpha value is -1.47. The number of halogens is 2. The summed E-state index contributed by atoms with van der Waals surface area (Å²) in [6, 6.07) is 5.61. The number of nitrogens with zero attached hydrogens (tertiary/aromatic N) is 1. The lowest BCUT2D eigenvalue weighted by Gasteiger charge is -2.13. The zero-order valence-electron chi connectivity index (χ0n) is 10.8. The van der Waals surface area contributed by atoms with Crippen molar-refractivity contribution in [3.8, 4) is 0 Å². The molecule has 1 aromatic heterocycles. The third kappa shape index (κ3) is 3.16. The van der Waals surface area contributed by atoms with Crippen LogP contribution in [0.5, 0.6) is 0 Å². The van der Waals surface area contributed by atoms with Gasteiger partial charge in [-0.3, -0.25) is 4.72 Å². The molecule has 0 atom stereocenters. The predicted molar refractivity (Wildman–Crippen MR) is 78.6 cm³/mol. The fourth-order valence-electron chi connectivity index (χ4n) is 1.96. The monoisotopic (exact) mass is 358 g/mol. The van der Waals surface area contributed by atoms with Gasteiger partial charge in [-0.15, -0.1) is 0 Å². The average molecular weight is 359 g/mol. The van der Waals surface area contributed by atoms with Crippen LogP contribution < -0.4 is 4.72 Å². The van der Waals surface area contributed by atoms with Crippen LogP contribution in [0, 0.1) is 19.7 Å². The maximum absolute atomic E-state index is 13.2. The minimum atomic E-state index is -3.78. The fraction of sp³-hybridized carbons (Fsp3) is 0.154. The van der Waals surface area contributed by atoms with Crippen LogP contribution in [0.1, 0.15) is 11.1 Å². The van der Waals surface area contributed by atoms with Crippen LogP contribution in [0.15, 0.2) is 40.0 Å². The summed E-state index contributed by atoms with van der Waals surface area (Å²) in [7, 11) is -3.78. The Morgan fingerprint density at radius 3 is 2.30 bits per heavy atom. The lowest BCUT2D eigenvalue weighted by molar-refractivity contribution is 0.597. The van der Waals surface area contributed by atoms with E-state index in [-0.39, 0.29) is 4.90 Å². The summed E-state index contributed by atoms with van der Waals surface area (Å²) in [6.07, 6.45) is 1.40. The molecule has 0 spiro atoms. The number of rotatable bonds is 3. The molecule has 0 saturated carbocycles. The maximum atomic E-state index is 13.2. The Bertz CT molecular complexity index is 722. The number of benzene rings is 1.